The molecule has 0 atom stereocenters. The van der Waals surface area contributed by atoms with Crippen molar-refractivity contribution >= 4 is 14.8 Å². The minimum atomic E-state index is -2.28. The minimum Gasteiger partial charge on any atom is -0.430 e. The molecule has 0 unspecified atom stereocenters. The predicted molar refractivity (Wildman–Crippen MR) is 66.3 cm³/mol. The molecule has 1 rings (SSSR count). The predicted octanol–water partition coefficient (Wildman–Crippen LogP) is 1.97. The second kappa shape index (κ2) is 7.60. The number of hydrogen-bond acceptors (Lipinski definition) is 5. The standard InChI is InChI=1S/C7H18O3Si.C4H4O2/c1-7(2)6-11(8-3,9-4)10-5;1-3-2-6-4(3)5/h7H,6H2,1-5H3;2H,1H3. The van der Waals surface area contributed by atoms with Crippen molar-refractivity contribution in [1.82, 2.24) is 0 Å². The van der Waals surface area contributed by atoms with Gasteiger partial charge in [0.2, 0.25) is 0 Å². The normalized spacial score (nSPS) is 14.5. The van der Waals surface area contributed by atoms with E-state index >= 15 is 0 Å². The van der Waals surface area contributed by atoms with Crippen molar-refractivity contribution in [2.75, 3.05) is 21.3 Å². The van der Waals surface area contributed by atoms with Crippen LogP contribution in [0.3, 0.4) is 0 Å². The fourth-order valence-electron chi connectivity index (χ4n) is 1.22. The van der Waals surface area contributed by atoms with Crippen LogP contribution in [0.2, 0.25) is 6.04 Å². The second-order valence-corrected chi connectivity index (χ2v) is 7.10. The fourth-order valence-corrected chi connectivity index (χ4v) is 3.22. The largest absolute Gasteiger partial charge is 0.500 e. The summed E-state index contributed by atoms with van der Waals surface area (Å²) in [6.07, 6.45) is 1.43. The number of hydrogen-bond donors (Lipinski definition) is 0. The van der Waals surface area contributed by atoms with Gasteiger partial charge in [-0.1, -0.05) is 13.8 Å². The van der Waals surface area contributed by atoms with Crippen molar-refractivity contribution in [2.45, 2.75) is 26.8 Å². The molecule has 0 aromatic carbocycles. The highest BCUT2D eigenvalue weighted by molar-refractivity contribution is 6.60. The minimum absolute atomic E-state index is 0.199. The van der Waals surface area contributed by atoms with Gasteiger partial charge in [0.1, 0.15) is 6.26 Å². The van der Waals surface area contributed by atoms with E-state index < -0.39 is 8.80 Å². The van der Waals surface area contributed by atoms with Crippen LogP contribution in [0.25, 0.3) is 0 Å². The van der Waals surface area contributed by atoms with Gasteiger partial charge in [0, 0.05) is 27.4 Å². The highest BCUT2D eigenvalue weighted by Crippen LogP contribution is 2.18. The van der Waals surface area contributed by atoms with Crippen LogP contribution in [-0.4, -0.2) is 36.1 Å². The molecule has 0 N–H and O–H groups in total. The Kier molecular flexibility index (Phi) is 7.29. The van der Waals surface area contributed by atoms with E-state index in [4.69, 9.17) is 13.3 Å². The van der Waals surface area contributed by atoms with E-state index in [0.29, 0.717) is 11.5 Å². The van der Waals surface area contributed by atoms with Gasteiger partial charge in [-0.25, -0.2) is 4.79 Å². The smallest absolute Gasteiger partial charge is 0.430 e. The molecule has 0 aromatic heterocycles. The molecule has 17 heavy (non-hydrogen) atoms. The van der Waals surface area contributed by atoms with Crippen molar-refractivity contribution in [3.05, 3.63) is 11.8 Å². The number of carbonyl (C=O) groups excluding carboxylic acids is 1. The summed E-state index contributed by atoms with van der Waals surface area (Å²) >= 11 is 0. The van der Waals surface area contributed by atoms with Crippen molar-refractivity contribution in [3.63, 3.8) is 0 Å². The Morgan fingerprint density at radius 3 is 1.71 bits per heavy atom. The van der Waals surface area contributed by atoms with E-state index in [9.17, 15) is 4.79 Å². The third-order valence-corrected chi connectivity index (χ3v) is 5.44. The summed E-state index contributed by atoms with van der Waals surface area (Å²) in [5.74, 6) is 0.344. The molecule has 100 valence electrons. The van der Waals surface area contributed by atoms with E-state index in [1.54, 1.807) is 28.3 Å². The lowest BCUT2D eigenvalue weighted by molar-refractivity contribution is -0.138. The lowest BCUT2D eigenvalue weighted by Gasteiger charge is -2.25. The summed E-state index contributed by atoms with van der Waals surface area (Å²) in [6.45, 7) is 5.96. The van der Waals surface area contributed by atoms with E-state index in [0.717, 1.165) is 6.04 Å². The topological polar surface area (TPSA) is 54.0 Å². The first-order valence-electron chi connectivity index (χ1n) is 5.44. The first-order chi connectivity index (χ1) is 7.90. The summed E-state index contributed by atoms with van der Waals surface area (Å²) in [7, 11) is 2.64. The Balaban J connectivity index is 0.000000354. The van der Waals surface area contributed by atoms with Gasteiger partial charge in [0.05, 0.1) is 5.57 Å². The Morgan fingerprint density at radius 1 is 1.24 bits per heavy atom. The fraction of sp³-hybridized carbons (Fsp3) is 0.727. The van der Waals surface area contributed by atoms with E-state index in [2.05, 4.69) is 18.6 Å². The first kappa shape index (κ1) is 16.3. The van der Waals surface area contributed by atoms with Crippen LogP contribution in [-0.2, 0) is 22.8 Å². The van der Waals surface area contributed by atoms with Crippen molar-refractivity contribution < 1.29 is 22.8 Å². The van der Waals surface area contributed by atoms with Crippen LogP contribution in [0.5, 0.6) is 0 Å². The molecule has 1 aliphatic heterocycles. The van der Waals surface area contributed by atoms with Gasteiger partial charge in [0.25, 0.3) is 0 Å². The van der Waals surface area contributed by atoms with E-state index in [1.807, 2.05) is 0 Å². The van der Waals surface area contributed by atoms with Crippen molar-refractivity contribution in [1.29, 1.82) is 0 Å². The number of rotatable bonds is 5. The highest BCUT2D eigenvalue weighted by atomic mass is 28.4. The van der Waals surface area contributed by atoms with Crippen molar-refractivity contribution in [2.24, 2.45) is 5.92 Å². The molecule has 0 saturated carbocycles. The van der Waals surface area contributed by atoms with Gasteiger partial charge >= 0.3 is 14.8 Å². The van der Waals surface area contributed by atoms with Gasteiger partial charge in [-0.15, -0.1) is 0 Å². The Morgan fingerprint density at radius 2 is 1.65 bits per heavy atom. The third kappa shape index (κ3) is 5.45. The molecule has 0 aliphatic carbocycles. The quantitative estimate of drug-likeness (QED) is 0.560. The van der Waals surface area contributed by atoms with Gasteiger partial charge < -0.3 is 18.0 Å². The van der Waals surface area contributed by atoms with Crippen LogP contribution < -0.4 is 0 Å². The molecule has 0 radical (unpaired) electrons. The summed E-state index contributed by atoms with van der Waals surface area (Å²) < 4.78 is 20.0. The average Bonchev–Trinajstić information content (AvgIpc) is 2.34. The van der Waals surface area contributed by atoms with Crippen LogP contribution in [0.4, 0.5) is 0 Å². The molecule has 6 heteroatoms. The van der Waals surface area contributed by atoms with Gasteiger partial charge in [-0.3, -0.25) is 0 Å². The highest BCUT2D eigenvalue weighted by Gasteiger charge is 2.38. The number of carbonyl (C=O) groups is 1. The lowest BCUT2D eigenvalue weighted by Crippen LogP contribution is -2.43. The maximum Gasteiger partial charge on any atom is 0.500 e. The second-order valence-electron chi connectivity index (χ2n) is 4.10. The molecular formula is C11H22O5Si. The van der Waals surface area contributed by atoms with Gasteiger partial charge in [0.15, 0.2) is 0 Å². The van der Waals surface area contributed by atoms with Crippen LogP contribution >= 0.6 is 0 Å². The zero-order valence-electron chi connectivity index (χ0n) is 11.4. The number of ether oxygens (including phenoxy) is 1. The molecule has 0 amide bonds. The molecule has 5 nitrogen and oxygen atoms in total. The Bertz CT molecular complexity index is 263. The Hall–Kier alpha value is -0.693. The monoisotopic (exact) mass is 262 g/mol. The Labute approximate surface area is 104 Å². The lowest BCUT2D eigenvalue weighted by atomic mass is 10.3. The molecule has 0 bridgehead atoms. The molecule has 1 aliphatic rings. The SMILES string of the molecule is CC1=COC1=O.CO[Si](CC(C)C)(OC)OC. The summed E-state index contributed by atoms with van der Waals surface area (Å²) in [5.41, 5.74) is 0.704. The van der Waals surface area contributed by atoms with Crippen LogP contribution in [0.1, 0.15) is 20.8 Å². The zero-order chi connectivity index (χ0) is 13.5. The molecule has 1 heterocycles. The van der Waals surface area contributed by atoms with Crippen LogP contribution in [0.15, 0.2) is 11.8 Å². The number of cyclic esters (lactones) is 1. The molecular weight excluding hydrogens is 240 g/mol. The molecule has 0 spiro atoms. The van der Waals surface area contributed by atoms with Crippen molar-refractivity contribution in [3.8, 4) is 0 Å². The third-order valence-electron chi connectivity index (χ3n) is 2.26. The summed E-state index contributed by atoms with van der Waals surface area (Å²) in [5, 5.41) is 0. The number of esters is 1. The first-order valence-corrected chi connectivity index (χ1v) is 7.37. The summed E-state index contributed by atoms with van der Waals surface area (Å²) in [4.78, 5) is 9.94. The maximum absolute atomic E-state index is 9.94. The maximum atomic E-state index is 9.94. The summed E-state index contributed by atoms with van der Waals surface area (Å²) in [6, 6.07) is 0.872. The van der Waals surface area contributed by atoms with Gasteiger partial charge in [-0.05, 0) is 12.8 Å². The zero-order valence-corrected chi connectivity index (χ0v) is 12.4. The molecule has 0 fully saturated rings. The van der Waals surface area contributed by atoms with E-state index in [1.165, 1.54) is 6.26 Å². The molecule has 0 aromatic rings. The molecule has 0 saturated heterocycles. The van der Waals surface area contributed by atoms with Crippen LogP contribution in [0, 0.1) is 5.92 Å². The average molecular weight is 262 g/mol. The van der Waals surface area contributed by atoms with E-state index in [-0.39, 0.29) is 5.97 Å². The van der Waals surface area contributed by atoms with Gasteiger partial charge in [-0.2, -0.15) is 0 Å².